The number of piperidine rings is 1. The summed E-state index contributed by atoms with van der Waals surface area (Å²) < 4.78 is 70.4. The van der Waals surface area contributed by atoms with Gasteiger partial charge in [0, 0.05) is 11.6 Å². The van der Waals surface area contributed by atoms with Gasteiger partial charge < -0.3 is 16.0 Å². The molecule has 1 saturated carbocycles. The SMILES string of the molecule is C[C@H]1C[C@H]2C[C@@]([C@H](C)[N+](C=N)=CN)(C1)N2C(=O)Nc1cc(-c2ncc(F)cn2)c(C(F)(F)F)cc1F. The van der Waals surface area contributed by atoms with E-state index in [4.69, 9.17) is 11.1 Å². The molecule has 2 bridgehead atoms. The first-order valence-corrected chi connectivity index (χ1v) is 11.2. The quantitative estimate of drug-likeness (QED) is 0.242. The third-order valence-corrected chi connectivity index (χ3v) is 7.09. The Balaban J connectivity index is 1.71. The van der Waals surface area contributed by atoms with Crippen molar-refractivity contribution in [3.63, 3.8) is 0 Å². The van der Waals surface area contributed by atoms with Gasteiger partial charge in [0.2, 0.25) is 6.34 Å². The Morgan fingerprint density at radius 1 is 1.31 bits per heavy atom. The Morgan fingerprint density at radius 3 is 2.56 bits per heavy atom. The minimum atomic E-state index is -4.95. The fourth-order valence-electron chi connectivity index (χ4n) is 5.56. The van der Waals surface area contributed by atoms with E-state index in [1.54, 1.807) is 4.90 Å². The molecule has 5 rings (SSSR count). The van der Waals surface area contributed by atoms with E-state index < -0.39 is 52.0 Å². The smallest absolute Gasteiger partial charge is 0.325 e. The Labute approximate surface area is 203 Å². The highest BCUT2D eigenvalue weighted by atomic mass is 19.4. The molecule has 3 heterocycles. The standard InChI is InChI=1S/C23H24F5N7O/c1-12-3-15-7-22(6-12,13(2)34(10-29)11-30)35(15)21(36)33-19-4-16(20-31-8-14(24)9-32-20)17(5-18(19)25)23(26,27)28/h4-5,8-13,15,29-30H,3,6-7H2,1-2H3,(H,33,36)/p+1/t12-,13-,15-,22+/m0/s1. The van der Waals surface area contributed by atoms with Gasteiger partial charge in [-0.1, -0.05) is 6.92 Å². The van der Waals surface area contributed by atoms with Gasteiger partial charge in [-0.25, -0.2) is 28.1 Å². The average molecular weight is 510 g/mol. The number of aromatic nitrogens is 2. The van der Waals surface area contributed by atoms with E-state index in [1.165, 1.54) is 10.9 Å². The van der Waals surface area contributed by atoms with Gasteiger partial charge >= 0.3 is 12.2 Å². The third kappa shape index (κ3) is 4.26. The van der Waals surface area contributed by atoms with E-state index in [1.807, 2.05) is 13.8 Å². The summed E-state index contributed by atoms with van der Waals surface area (Å²) in [5.41, 5.74) is 2.49. The van der Waals surface area contributed by atoms with Crippen molar-refractivity contribution in [2.45, 2.75) is 56.9 Å². The molecule has 0 unspecified atom stereocenters. The van der Waals surface area contributed by atoms with Crippen molar-refractivity contribution < 1.29 is 31.3 Å². The molecule has 2 saturated heterocycles. The van der Waals surface area contributed by atoms with Gasteiger partial charge in [-0.15, -0.1) is 0 Å². The van der Waals surface area contributed by atoms with Crippen molar-refractivity contribution in [1.29, 1.82) is 5.41 Å². The first-order chi connectivity index (χ1) is 16.9. The van der Waals surface area contributed by atoms with Gasteiger partial charge in [-0.2, -0.15) is 18.6 Å². The van der Waals surface area contributed by atoms with Crippen molar-refractivity contribution in [3.8, 4) is 11.4 Å². The number of anilines is 1. The van der Waals surface area contributed by atoms with Crippen LogP contribution in [0, 0.1) is 23.0 Å². The summed E-state index contributed by atoms with van der Waals surface area (Å²) in [7, 11) is 0. The highest BCUT2D eigenvalue weighted by Gasteiger charge is 2.62. The van der Waals surface area contributed by atoms with E-state index in [-0.39, 0.29) is 24.1 Å². The van der Waals surface area contributed by atoms with Gasteiger partial charge in [-0.3, -0.25) is 0 Å². The van der Waals surface area contributed by atoms with Crippen LogP contribution in [0.4, 0.5) is 32.4 Å². The van der Waals surface area contributed by atoms with Crippen LogP contribution in [0.5, 0.6) is 0 Å². The number of halogens is 5. The monoisotopic (exact) mass is 510 g/mol. The molecule has 1 aromatic carbocycles. The number of carbonyl (C=O) groups excluding carboxylic acids is 1. The zero-order chi connectivity index (χ0) is 26.4. The number of hydrogen-bond donors (Lipinski definition) is 3. The van der Waals surface area contributed by atoms with Crippen LogP contribution >= 0.6 is 0 Å². The highest BCUT2D eigenvalue weighted by Crippen LogP contribution is 2.52. The van der Waals surface area contributed by atoms with Crippen LogP contribution in [0.15, 0.2) is 24.5 Å². The second-order valence-corrected chi connectivity index (χ2v) is 9.31. The van der Waals surface area contributed by atoms with Gasteiger partial charge in [-0.05, 0) is 44.2 Å². The number of rotatable bonds is 5. The first kappa shape index (κ1) is 25.5. The van der Waals surface area contributed by atoms with Crippen molar-refractivity contribution in [2.75, 3.05) is 5.32 Å². The van der Waals surface area contributed by atoms with Gasteiger partial charge in [0.25, 0.3) is 0 Å². The molecule has 0 radical (unpaired) electrons. The van der Waals surface area contributed by atoms with Gasteiger partial charge in [0.05, 0.1) is 29.2 Å². The lowest BCUT2D eigenvalue weighted by atomic mass is 9.61. The van der Waals surface area contributed by atoms with Crippen LogP contribution in [0.3, 0.4) is 0 Å². The molecule has 2 aliphatic heterocycles. The number of urea groups is 1. The summed E-state index contributed by atoms with van der Waals surface area (Å²) in [6, 6.07) is -0.148. The molecule has 8 nitrogen and oxygen atoms in total. The molecule has 4 N–H and O–H groups in total. The predicted octanol–water partition coefficient (Wildman–Crippen LogP) is 4.21. The number of alkyl halides is 3. The molecular weight excluding hydrogens is 485 g/mol. The second-order valence-electron chi connectivity index (χ2n) is 9.31. The number of amides is 2. The van der Waals surface area contributed by atoms with E-state index >= 15 is 0 Å². The summed E-state index contributed by atoms with van der Waals surface area (Å²) in [4.78, 5) is 22.1. The normalized spacial score (nSPS) is 24.6. The summed E-state index contributed by atoms with van der Waals surface area (Å²) in [5.74, 6) is -2.33. The number of nitrogens with one attached hydrogen (secondary N) is 2. The Kier molecular flexibility index (Phi) is 6.43. The first-order valence-electron chi connectivity index (χ1n) is 11.2. The van der Waals surface area contributed by atoms with Crippen molar-refractivity contribution in [2.24, 2.45) is 11.7 Å². The van der Waals surface area contributed by atoms with Crippen LogP contribution in [-0.2, 0) is 6.18 Å². The molecule has 1 aromatic heterocycles. The van der Waals surface area contributed by atoms with Crippen molar-refractivity contribution in [1.82, 2.24) is 14.9 Å². The minimum Gasteiger partial charge on any atom is -0.325 e. The molecule has 3 aliphatic rings. The largest absolute Gasteiger partial charge is 0.417 e. The Bertz CT molecular complexity index is 1220. The Morgan fingerprint density at radius 2 is 1.97 bits per heavy atom. The molecule has 1 aliphatic carbocycles. The van der Waals surface area contributed by atoms with Crippen molar-refractivity contribution in [3.05, 3.63) is 41.7 Å². The number of hydrogen-bond acceptors (Lipinski definition) is 4. The fourth-order valence-corrected chi connectivity index (χ4v) is 5.56. The van der Waals surface area contributed by atoms with E-state index in [9.17, 15) is 26.7 Å². The molecule has 0 spiro atoms. The maximum Gasteiger partial charge on any atom is 0.417 e. The van der Waals surface area contributed by atoms with Crippen molar-refractivity contribution >= 4 is 24.4 Å². The summed E-state index contributed by atoms with van der Waals surface area (Å²) in [6.45, 7) is 3.87. The predicted molar refractivity (Wildman–Crippen MR) is 122 cm³/mol. The Hall–Kier alpha value is -3.64. The topological polar surface area (TPSA) is 111 Å². The number of nitrogens with zero attached hydrogens (tertiary/aromatic N) is 4. The summed E-state index contributed by atoms with van der Waals surface area (Å²) in [6.07, 6.45) is 0.696. The van der Waals surface area contributed by atoms with E-state index in [0.29, 0.717) is 31.7 Å². The lowest BCUT2D eigenvalue weighted by molar-refractivity contribution is -0.472. The number of fused-ring (bicyclic) bond motifs is 2. The number of benzene rings is 1. The zero-order valence-corrected chi connectivity index (χ0v) is 19.5. The molecule has 13 heteroatoms. The maximum atomic E-state index is 14.8. The average Bonchev–Trinajstić information content (AvgIpc) is 2.80. The second kappa shape index (κ2) is 9.10. The van der Waals surface area contributed by atoms with Crippen LogP contribution in [0.1, 0.15) is 38.7 Å². The van der Waals surface area contributed by atoms with Crippen LogP contribution < -0.4 is 11.1 Å². The summed E-state index contributed by atoms with van der Waals surface area (Å²) >= 11 is 0. The molecule has 2 amide bonds. The highest BCUT2D eigenvalue weighted by molar-refractivity contribution is 5.92. The molecule has 4 atom stereocenters. The zero-order valence-electron chi connectivity index (χ0n) is 19.5. The minimum absolute atomic E-state index is 0.154. The number of carbonyl (C=O) groups is 1. The van der Waals surface area contributed by atoms with E-state index in [2.05, 4.69) is 15.3 Å². The lowest BCUT2D eigenvalue weighted by Crippen LogP contribution is -2.77. The fraction of sp³-hybridized carbons (Fsp3) is 0.435. The molecule has 192 valence electrons. The summed E-state index contributed by atoms with van der Waals surface area (Å²) in [5, 5.41) is 10.0. The van der Waals surface area contributed by atoms with Gasteiger partial charge in [0.15, 0.2) is 18.0 Å². The van der Waals surface area contributed by atoms with Crippen LogP contribution in [-0.4, -0.2) is 55.8 Å². The molecule has 36 heavy (non-hydrogen) atoms. The molecule has 3 fully saturated rings. The van der Waals surface area contributed by atoms with E-state index in [0.717, 1.165) is 12.4 Å². The molecule has 2 aromatic rings. The maximum absolute atomic E-state index is 14.8. The lowest BCUT2D eigenvalue weighted by Gasteiger charge is -2.65. The van der Waals surface area contributed by atoms with Gasteiger partial charge in [0.1, 0.15) is 11.9 Å². The third-order valence-electron chi connectivity index (χ3n) is 7.09. The number of nitrogens with two attached hydrogens (primary N) is 1. The molecular formula is C23H25F5N7O+. The van der Waals surface area contributed by atoms with Crippen LogP contribution in [0.25, 0.3) is 11.4 Å². The van der Waals surface area contributed by atoms with Crippen LogP contribution in [0.2, 0.25) is 0 Å².